The molecule has 1 heterocycles. The van der Waals surface area contributed by atoms with Crippen LogP contribution in [0.15, 0.2) is 83.8 Å². The second kappa shape index (κ2) is 14.7. The Labute approximate surface area is 268 Å². The number of amides is 3. The molecule has 3 atom stereocenters. The molecule has 3 N–H and O–H groups in total. The van der Waals surface area contributed by atoms with Gasteiger partial charge in [-0.3, -0.25) is 24.1 Å². The number of fused-ring (bicyclic) bond motifs is 1. The SMILES string of the molecule is CC(=O)ONc1ccc(S(=O)(=O)N(CC(C)C)C[C@@H](O)[C@H](Cc2ccccc2)NC(=O)[C@H](C)N2C(=O)c3ccccc3C2=O)cc1. The van der Waals surface area contributed by atoms with Gasteiger partial charge in [-0.1, -0.05) is 56.3 Å². The molecule has 0 radical (unpaired) electrons. The van der Waals surface area contributed by atoms with Crippen molar-refractivity contribution in [1.82, 2.24) is 14.5 Å². The Hall–Kier alpha value is -4.59. The lowest BCUT2D eigenvalue weighted by atomic mass is 10.0. The lowest BCUT2D eigenvalue weighted by Gasteiger charge is -2.32. The standard InChI is InChI=1S/C33H38N4O8S/c1-21(2)19-36(46(43,44)26-16-14-25(15-17-26)35-45-23(4)38)20-30(39)29(18-24-10-6-5-7-11-24)34-31(40)22(3)37-32(41)27-12-8-9-13-28(27)33(37)42/h5-17,21-22,29-30,35,39H,18-20H2,1-4H3,(H,34,40)/t22-,29-,30+/m0/s1. The fraction of sp³-hybridized carbons (Fsp3) is 0.333. The number of imide groups is 1. The van der Waals surface area contributed by atoms with Gasteiger partial charge in [0.25, 0.3) is 11.8 Å². The summed E-state index contributed by atoms with van der Waals surface area (Å²) in [6.07, 6.45) is -1.23. The highest BCUT2D eigenvalue weighted by Crippen LogP contribution is 2.25. The van der Waals surface area contributed by atoms with Gasteiger partial charge in [0, 0.05) is 20.0 Å². The molecule has 0 saturated heterocycles. The summed E-state index contributed by atoms with van der Waals surface area (Å²) in [7, 11) is -4.12. The maximum Gasteiger partial charge on any atom is 0.329 e. The first-order chi connectivity index (χ1) is 21.8. The highest BCUT2D eigenvalue weighted by molar-refractivity contribution is 7.89. The number of aliphatic hydroxyl groups is 1. The molecule has 46 heavy (non-hydrogen) atoms. The molecule has 13 heteroatoms. The molecule has 0 fully saturated rings. The highest BCUT2D eigenvalue weighted by atomic mass is 32.2. The predicted octanol–water partition coefficient (Wildman–Crippen LogP) is 3.00. The number of hydrogen-bond donors (Lipinski definition) is 3. The van der Waals surface area contributed by atoms with Crippen molar-refractivity contribution < 1.29 is 37.5 Å². The zero-order valence-corrected chi connectivity index (χ0v) is 26.9. The Bertz CT molecular complexity index is 1640. The van der Waals surface area contributed by atoms with Gasteiger partial charge in [0.15, 0.2) is 0 Å². The van der Waals surface area contributed by atoms with Crippen molar-refractivity contribution in [3.05, 3.63) is 95.6 Å². The minimum Gasteiger partial charge on any atom is -0.390 e. The van der Waals surface area contributed by atoms with Crippen LogP contribution < -0.4 is 10.8 Å². The van der Waals surface area contributed by atoms with Crippen molar-refractivity contribution in [1.29, 1.82) is 0 Å². The number of anilines is 1. The second-order valence-corrected chi connectivity index (χ2v) is 13.4. The van der Waals surface area contributed by atoms with Crippen molar-refractivity contribution in [3.8, 4) is 0 Å². The zero-order chi connectivity index (χ0) is 33.6. The molecule has 3 aromatic carbocycles. The monoisotopic (exact) mass is 650 g/mol. The fourth-order valence-electron chi connectivity index (χ4n) is 5.12. The molecule has 244 valence electrons. The van der Waals surface area contributed by atoms with Crippen molar-refractivity contribution in [2.24, 2.45) is 5.92 Å². The van der Waals surface area contributed by atoms with Crippen LogP contribution >= 0.6 is 0 Å². The fourth-order valence-corrected chi connectivity index (χ4v) is 6.74. The zero-order valence-electron chi connectivity index (χ0n) is 26.0. The molecule has 0 bridgehead atoms. The number of benzene rings is 3. The van der Waals surface area contributed by atoms with Gasteiger partial charge in [-0.05, 0) is 61.2 Å². The summed E-state index contributed by atoms with van der Waals surface area (Å²) >= 11 is 0. The number of rotatable bonds is 14. The van der Waals surface area contributed by atoms with Crippen LogP contribution in [-0.2, 0) is 30.9 Å². The first kappa shape index (κ1) is 34.3. The molecule has 0 aromatic heterocycles. The average Bonchev–Trinajstić information content (AvgIpc) is 3.28. The molecule has 1 aliphatic heterocycles. The van der Waals surface area contributed by atoms with E-state index in [1.54, 1.807) is 24.3 Å². The van der Waals surface area contributed by atoms with Gasteiger partial charge in [0.1, 0.15) is 6.04 Å². The lowest BCUT2D eigenvalue weighted by Crippen LogP contribution is -2.55. The molecule has 0 aliphatic carbocycles. The van der Waals surface area contributed by atoms with Gasteiger partial charge in [-0.2, -0.15) is 4.31 Å². The summed E-state index contributed by atoms with van der Waals surface area (Å²) in [4.78, 5) is 56.3. The van der Waals surface area contributed by atoms with Crippen molar-refractivity contribution in [2.75, 3.05) is 18.6 Å². The van der Waals surface area contributed by atoms with Crippen molar-refractivity contribution in [2.45, 2.75) is 57.2 Å². The normalized spacial score (nSPS) is 15.0. The van der Waals surface area contributed by atoms with E-state index in [9.17, 15) is 32.7 Å². The molecule has 0 unspecified atom stereocenters. The number of carbonyl (C=O) groups excluding carboxylic acids is 4. The first-order valence-electron chi connectivity index (χ1n) is 14.8. The van der Waals surface area contributed by atoms with Crippen molar-refractivity contribution >= 4 is 39.4 Å². The van der Waals surface area contributed by atoms with E-state index in [0.717, 1.165) is 14.8 Å². The third-order valence-electron chi connectivity index (χ3n) is 7.45. The van der Waals surface area contributed by atoms with Gasteiger partial charge in [0.2, 0.25) is 15.9 Å². The number of carbonyl (C=O) groups is 4. The van der Waals surface area contributed by atoms with E-state index >= 15 is 0 Å². The summed E-state index contributed by atoms with van der Waals surface area (Å²) in [5, 5.41) is 14.3. The van der Waals surface area contributed by atoms with E-state index in [1.807, 2.05) is 32.0 Å². The van der Waals surface area contributed by atoms with Crippen LogP contribution in [0.5, 0.6) is 0 Å². The maximum absolute atomic E-state index is 13.8. The number of hydrogen-bond acceptors (Lipinski definition) is 9. The topological polar surface area (TPSA) is 162 Å². The maximum atomic E-state index is 13.8. The quantitative estimate of drug-likeness (QED) is 0.176. The van der Waals surface area contributed by atoms with Gasteiger partial charge in [-0.15, -0.1) is 0 Å². The highest BCUT2D eigenvalue weighted by Gasteiger charge is 2.41. The third kappa shape index (κ3) is 7.97. The van der Waals surface area contributed by atoms with Crippen LogP contribution in [0, 0.1) is 5.92 Å². The molecule has 4 rings (SSSR count). The summed E-state index contributed by atoms with van der Waals surface area (Å²) < 4.78 is 28.7. The minimum atomic E-state index is -4.12. The number of nitrogens with zero attached hydrogens (tertiary/aromatic N) is 2. The van der Waals surface area contributed by atoms with Gasteiger partial charge < -0.3 is 15.3 Å². The Morgan fingerprint density at radius 3 is 1.98 bits per heavy atom. The molecule has 12 nitrogen and oxygen atoms in total. The van der Waals surface area contributed by atoms with Crippen LogP contribution in [0.2, 0.25) is 0 Å². The van der Waals surface area contributed by atoms with E-state index in [2.05, 4.69) is 10.8 Å². The van der Waals surface area contributed by atoms with Crippen molar-refractivity contribution in [3.63, 3.8) is 0 Å². The first-order valence-corrected chi connectivity index (χ1v) is 16.3. The number of sulfonamides is 1. The molecule has 0 spiro atoms. The van der Waals surface area contributed by atoms with Crippen LogP contribution in [0.4, 0.5) is 5.69 Å². The van der Waals surface area contributed by atoms with E-state index in [0.29, 0.717) is 5.69 Å². The summed E-state index contributed by atoms with van der Waals surface area (Å²) in [6, 6.07) is 18.8. The van der Waals surface area contributed by atoms with Crippen LogP contribution in [0.1, 0.15) is 54.0 Å². The van der Waals surface area contributed by atoms with E-state index in [1.165, 1.54) is 50.2 Å². The molecule has 1 aliphatic rings. The van der Waals surface area contributed by atoms with Gasteiger partial charge in [0.05, 0.1) is 33.9 Å². The molecular weight excluding hydrogens is 612 g/mol. The van der Waals surface area contributed by atoms with Crippen LogP contribution in [0.25, 0.3) is 0 Å². The van der Waals surface area contributed by atoms with E-state index in [4.69, 9.17) is 4.84 Å². The Morgan fingerprint density at radius 2 is 1.43 bits per heavy atom. The third-order valence-corrected chi connectivity index (χ3v) is 9.29. The Morgan fingerprint density at radius 1 is 0.870 bits per heavy atom. The molecule has 0 saturated carbocycles. The van der Waals surface area contributed by atoms with E-state index in [-0.39, 0.29) is 41.5 Å². The van der Waals surface area contributed by atoms with Crippen LogP contribution in [0.3, 0.4) is 0 Å². The van der Waals surface area contributed by atoms with Crippen LogP contribution in [-0.4, -0.2) is 77.7 Å². The summed E-state index contributed by atoms with van der Waals surface area (Å²) in [6.45, 7) is 6.05. The predicted molar refractivity (Wildman–Crippen MR) is 170 cm³/mol. The Kier molecular flexibility index (Phi) is 10.9. The lowest BCUT2D eigenvalue weighted by molar-refractivity contribution is -0.138. The largest absolute Gasteiger partial charge is 0.390 e. The van der Waals surface area contributed by atoms with Gasteiger partial charge >= 0.3 is 5.97 Å². The molecular formula is C33H38N4O8S. The smallest absolute Gasteiger partial charge is 0.329 e. The molecule has 3 amide bonds. The average molecular weight is 651 g/mol. The summed E-state index contributed by atoms with van der Waals surface area (Å²) in [5.41, 5.74) is 3.98. The Balaban J connectivity index is 1.56. The number of nitrogens with one attached hydrogen (secondary N) is 2. The second-order valence-electron chi connectivity index (χ2n) is 11.5. The summed E-state index contributed by atoms with van der Waals surface area (Å²) in [5.74, 6) is -2.53. The van der Waals surface area contributed by atoms with E-state index < -0.39 is 51.9 Å². The molecule has 3 aromatic rings. The number of aliphatic hydroxyl groups excluding tert-OH is 1. The van der Waals surface area contributed by atoms with Gasteiger partial charge in [-0.25, -0.2) is 13.9 Å². The minimum absolute atomic E-state index is 0.0448.